The Morgan fingerprint density at radius 1 is 1.07 bits per heavy atom. The number of hydrogen-bond acceptors (Lipinski definition) is 7. The van der Waals surface area contributed by atoms with E-state index in [1.54, 1.807) is 28.8 Å². The fourth-order valence-corrected chi connectivity index (χ4v) is 5.91. The van der Waals surface area contributed by atoms with Crippen LogP contribution in [0.4, 0.5) is 5.69 Å². The van der Waals surface area contributed by atoms with Gasteiger partial charge >= 0.3 is 0 Å². The molecule has 7 nitrogen and oxygen atoms in total. The maximum atomic E-state index is 12.8. The standard InChI is InChI=1S/C19H20N4O3S3/c1-22-7-9-23(10-8-22)29(25,26)16-4-2-15(3-5-16)20-18(24)17-13-28-19(21-17)14-6-11-27-12-14/h2-6,11-13H,7-10H2,1H3,(H,20,24). The average Bonchev–Trinajstić information content (AvgIpc) is 3.40. The molecule has 29 heavy (non-hydrogen) atoms. The molecule has 0 spiro atoms. The van der Waals surface area contributed by atoms with E-state index in [2.05, 4.69) is 15.2 Å². The molecule has 0 bridgehead atoms. The van der Waals surface area contributed by atoms with Gasteiger partial charge in [-0.1, -0.05) is 0 Å². The van der Waals surface area contributed by atoms with Crippen LogP contribution in [0.25, 0.3) is 10.6 Å². The quantitative estimate of drug-likeness (QED) is 0.649. The molecular weight excluding hydrogens is 428 g/mol. The molecule has 1 N–H and O–H groups in total. The topological polar surface area (TPSA) is 82.6 Å². The fourth-order valence-electron chi connectivity index (χ4n) is 2.98. The Balaban J connectivity index is 1.43. The molecule has 0 saturated carbocycles. The van der Waals surface area contributed by atoms with E-state index in [0.29, 0.717) is 37.6 Å². The number of hydrogen-bond donors (Lipinski definition) is 1. The number of aromatic nitrogens is 1. The monoisotopic (exact) mass is 448 g/mol. The van der Waals surface area contributed by atoms with Crippen molar-refractivity contribution in [3.8, 4) is 10.6 Å². The molecule has 0 aliphatic carbocycles. The molecule has 3 aromatic rings. The SMILES string of the molecule is CN1CCN(S(=O)(=O)c2ccc(NC(=O)c3csc(-c4ccsc4)n3)cc2)CC1. The third kappa shape index (κ3) is 4.41. The molecule has 4 rings (SSSR count). The zero-order valence-electron chi connectivity index (χ0n) is 15.7. The molecule has 1 saturated heterocycles. The predicted octanol–water partition coefficient (Wildman–Crippen LogP) is 3.06. The second-order valence-corrected chi connectivity index (χ2v) is 10.3. The normalized spacial score (nSPS) is 16.0. The summed E-state index contributed by atoms with van der Waals surface area (Å²) in [6, 6.07) is 8.23. The molecule has 0 radical (unpaired) electrons. The van der Waals surface area contributed by atoms with Gasteiger partial charge in [-0.3, -0.25) is 4.79 Å². The highest BCUT2D eigenvalue weighted by atomic mass is 32.2. The van der Waals surface area contributed by atoms with Crippen molar-refractivity contribution >= 4 is 44.3 Å². The minimum absolute atomic E-state index is 0.230. The Kier molecular flexibility index (Phi) is 5.79. The molecule has 0 atom stereocenters. The third-order valence-corrected chi connectivity index (χ3v) is 8.20. The van der Waals surface area contributed by atoms with E-state index in [1.165, 1.54) is 27.8 Å². The molecule has 1 amide bonds. The van der Waals surface area contributed by atoms with Gasteiger partial charge in [0, 0.05) is 48.2 Å². The summed E-state index contributed by atoms with van der Waals surface area (Å²) in [6.07, 6.45) is 0. The largest absolute Gasteiger partial charge is 0.321 e. The van der Waals surface area contributed by atoms with Crippen molar-refractivity contribution in [2.75, 3.05) is 38.5 Å². The first-order valence-corrected chi connectivity index (χ1v) is 12.3. The van der Waals surface area contributed by atoms with Crippen LogP contribution in [0.1, 0.15) is 10.5 Å². The van der Waals surface area contributed by atoms with Gasteiger partial charge in [-0.05, 0) is 42.8 Å². The van der Waals surface area contributed by atoms with Crippen LogP contribution in [0.2, 0.25) is 0 Å². The summed E-state index contributed by atoms with van der Waals surface area (Å²) in [5.74, 6) is -0.322. The van der Waals surface area contributed by atoms with Crippen LogP contribution in [-0.2, 0) is 10.0 Å². The zero-order valence-corrected chi connectivity index (χ0v) is 18.2. The number of amides is 1. The van der Waals surface area contributed by atoms with Crippen LogP contribution >= 0.6 is 22.7 Å². The number of anilines is 1. The Morgan fingerprint density at radius 2 is 1.79 bits per heavy atom. The Morgan fingerprint density at radius 3 is 2.45 bits per heavy atom. The Hall–Kier alpha value is -2.11. The number of benzene rings is 1. The maximum Gasteiger partial charge on any atom is 0.275 e. The molecule has 1 fully saturated rings. The first-order valence-electron chi connectivity index (χ1n) is 9.02. The number of thiophene rings is 1. The summed E-state index contributed by atoms with van der Waals surface area (Å²) in [5.41, 5.74) is 1.86. The van der Waals surface area contributed by atoms with Crippen LogP contribution in [0.5, 0.6) is 0 Å². The number of thiazole rings is 1. The minimum Gasteiger partial charge on any atom is -0.321 e. The van der Waals surface area contributed by atoms with Crippen LogP contribution in [0.3, 0.4) is 0 Å². The number of nitrogens with zero attached hydrogens (tertiary/aromatic N) is 3. The van der Waals surface area contributed by atoms with Crippen molar-refractivity contribution < 1.29 is 13.2 Å². The Bertz CT molecular complexity index is 1080. The second kappa shape index (κ2) is 8.33. The fraction of sp³-hybridized carbons (Fsp3) is 0.263. The minimum atomic E-state index is -3.52. The Labute approximate surface area is 177 Å². The highest BCUT2D eigenvalue weighted by Gasteiger charge is 2.27. The lowest BCUT2D eigenvalue weighted by atomic mass is 10.3. The molecule has 3 heterocycles. The number of carbonyl (C=O) groups is 1. The predicted molar refractivity (Wildman–Crippen MR) is 116 cm³/mol. The number of piperazine rings is 1. The molecule has 10 heteroatoms. The summed E-state index contributed by atoms with van der Waals surface area (Å²) >= 11 is 2.99. The van der Waals surface area contributed by atoms with E-state index in [0.717, 1.165) is 10.6 Å². The molecule has 2 aromatic heterocycles. The van der Waals surface area contributed by atoms with Gasteiger partial charge < -0.3 is 10.2 Å². The lowest BCUT2D eigenvalue weighted by Crippen LogP contribution is -2.46. The van der Waals surface area contributed by atoms with E-state index in [-0.39, 0.29) is 10.8 Å². The number of likely N-dealkylation sites (N-methyl/N-ethyl adjacent to an activating group) is 1. The van der Waals surface area contributed by atoms with E-state index < -0.39 is 10.0 Å². The highest BCUT2D eigenvalue weighted by Crippen LogP contribution is 2.26. The lowest BCUT2D eigenvalue weighted by Gasteiger charge is -2.31. The summed E-state index contributed by atoms with van der Waals surface area (Å²) in [6.45, 7) is 2.39. The first-order chi connectivity index (χ1) is 13.9. The van der Waals surface area contributed by atoms with Gasteiger partial charge in [0.05, 0.1) is 4.90 Å². The van der Waals surface area contributed by atoms with E-state index in [4.69, 9.17) is 0 Å². The summed E-state index contributed by atoms with van der Waals surface area (Å²) in [4.78, 5) is 19.2. The van der Waals surface area contributed by atoms with Gasteiger partial charge in [-0.2, -0.15) is 15.6 Å². The zero-order chi connectivity index (χ0) is 20.4. The highest BCUT2D eigenvalue weighted by molar-refractivity contribution is 7.89. The van der Waals surface area contributed by atoms with Crippen LogP contribution in [0, 0.1) is 0 Å². The number of sulfonamides is 1. The molecular formula is C19H20N4O3S3. The summed E-state index contributed by atoms with van der Waals surface area (Å²) in [5, 5.41) is 9.24. The first kappa shape index (κ1) is 20.2. The lowest BCUT2D eigenvalue weighted by molar-refractivity contribution is 0.102. The molecule has 1 aromatic carbocycles. The van der Waals surface area contributed by atoms with E-state index >= 15 is 0 Å². The number of carbonyl (C=O) groups excluding carboxylic acids is 1. The van der Waals surface area contributed by atoms with Crippen LogP contribution in [-0.4, -0.2) is 61.7 Å². The van der Waals surface area contributed by atoms with Gasteiger partial charge in [-0.15, -0.1) is 11.3 Å². The van der Waals surface area contributed by atoms with Crippen molar-refractivity contribution in [3.05, 3.63) is 52.2 Å². The van der Waals surface area contributed by atoms with Crippen molar-refractivity contribution in [2.24, 2.45) is 0 Å². The maximum absolute atomic E-state index is 12.8. The van der Waals surface area contributed by atoms with Crippen LogP contribution in [0.15, 0.2) is 51.4 Å². The number of nitrogens with one attached hydrogen (secondary N) is 1. The van der Waals surface area contributed by atoms with Crippen molar-refractivity contribution in [1.29, 1.82) is 0 Å². The molecule has 152 valence electrons. The summed E-state index contributed by atoms with van der Waals surface area (Å²) < 4.78 is 27.1. The van der Waals surface area contributed by atoms with Gasteiger partial charge in [-0.25, -0.2) is 13.4 Å². The molecule has 1 aliphatic heterocycles. The summed E-state index contributed by atoms with van der Waals surface area (Å²) in [7, 11) is -1.54. The molecule has 0 unspecified atom stereocenters. The third-order valence-electron chi connectivity index (χ3n) is 4.72. The van der Waals surface area contributed by atoms with Crippen molar-refractivity contribution in [1.82, 2.24) is 14.2 Å². The van der Waals surface area contributed by atoms with E-state index in [1.807, 2.05) is 23.9 Å². The average molecular weight is 449 g/mol. The van der Waals surface area contributed by atoms with Gasteiger partial charge in [0.2, 0.25) is 10.0 Å². The van der Waals surface area contributed by atoms with Crippen LogP contribution < -0.4 is 5.32 Å². The van der Waals surface area contributed by atoms with Crippen molar-refractivity contribution in [3.63, 3.8) is 0 Å². The number of rotatable bonds is 5. The smallest absolute Gasteiger partial charge is 0.275 e. The van der Waals surface area contributed by atoms with E-state index in [9.17, 15) is 13.2 Å². The molecule has 1 aliphatic rings. The second-order valence-electron chi connectivity index (χ2n) is 6.74. The van der Waals surface area contributed by atoms with Gasteiger partial charge in [0.1, 0.15) is 10.7 Å². The van der Waals surface area contributed by atoms with Gasteiger partial charge in [0.15, 0.2) is 0 Å². The van der Waals surface area contributed by atoms with Crippen molar-refractivity contribution in [2.45, 2.75) is 4.90 Å². The van der Waals surface area contributed by atoms with Gasteiger partial charge in [0.25, 0.3) is 5.91 Å².